The van der Waals surface area contributed by atoms with Crippen molar-refractivity contribution in [1.29, 1.82) is 0 Å². The molecule has 1 aromatic carbocycles. The van der Waals surface area contributed by atoms with Crippen LogP contribution in [0.5, 0.6) is 0 Å². The highest BCUT2D eigenvalue weighted by Gasteiger charge is 2.31. The highest BCUT2D eigenvalue weighted by atomic mass is 32.2. The summed E-state index contributed by atoms with van der Waals surface area (Å²) < 4.78 is 25.5. The van der Waals surface area contributed by atoms with Crippen molar-refractivity contribution in [3.05, 3.63) is 45.6 Å². The number of aryl methyl sites for hydroxylation is 1. The number of carbonyl (C=O) groups excluding carboxylic acids is 2. The number of thiophene rings is 1. The van der Waals surface area contributed by atoms with Gasteiger partial charge in [0.1, 0.15) is 0 Å². The minimum atomic E-state index is -3.57. The maximum atomic E-state index is 12.7. The Bertz CT molecular complexity index is 1040. The summed E-state index contributed by atoms with van der Waals surface area (Å²) in [6.07, 6.45) is 1.72. The highest BCUT2D eigenvalue weighted by molar-refractivity contribution is 7.91. The van der Waals surface area contributed by atoms with Crippen molar-refractivity contribution < 1.29 is 18.0 Å². The SMILES string of the molecule is CCC(=O)N1c2ccc(S(=O)(=O)CCC(=O)NCCc3sccc3C)cc2CC1C. The van der Waals surface area contributed by atoms with Gasteiger partial charge >= 0.3 is 0 Å². The molecule has 8 heteroatoms. The van der Waals surface area contributed by atoms with Crippen molar-refractivity contribution >= 4 is 38.7 Å². The Morgan fingerprint density at radius 2 is 2.03 bits per heavy atom. The lowest BCUT2D eigenvalue weighted by atomic mass is 10.1. The smallest absolute Gasteiger partial charge is 0.226 e. The third kappa shape index (κ3) is 4.92. The zero-order chi connectivity index (χ0) is 21.9. The van der Waals surface area contributed by atoms with Gasteiger partial charge in [-0.15, -0.1) is 11.3 Å². The second-order valence-corrected chi connectivity index (χ2v) is 10.8. The number of amides is 2. The number of anilines is 1. The molecule has 0 saturated heterocycles. The van der Waals surface area contributed by atoms with Gasteiger partial charge in [0.05, 0.1) is 10.6 Å². The molecule has 0 radical (unpaired) electrons. The zero-order valence-electron chi connectivity index (χ0n) is 17.6. The first-order valence-electron chi connectivity index (χ1n) is 10.2. The Kier molecular flexibility index (Phi) is 6.98. The molecule has 0 aliphatic carbocycles. The molecule has 1 unspecified atom stereocenters. The lowest BCUT2D eigenvalue weighted by Crippen LogP contribution is -2.35. The number of sulfone groups is 1. The summed E-state index contributed by atoms with van der Waals surface area (Å²) in [5, 5.41) is 4.83. The number of hydrogen-bond acceptors (Lipinski definition) is 5. The predicted molar refractivity (Wildman–Crippen MR) is 120 cm³/mol. The average Bonchev–Trinajstić information content (AvgIpc) is 3.27. The summed E-state index contributed by atoms with van der Waals surface area (Å²) in [6.45, 7) is 6.31. The van der Waals surface area contributed by atoms with E-state index in [1.165, 1.54) is 10.4 Å². The maximum Gasteiger partial charge on any atom is 0.226 e. The Balaban J connectivity index is 1.58. The van der Waals surface area contributed by atoms with E-state index in [0.29, 0.717) is 19.4 Å². The molecule has 2 amide bonds. The van der Waals surface area contributed by atoms with Crippen LogP contribution in [0, 0.1) is 6.92 Å². The van der Waals surface area contributed by atoms with Gasteiger partial charge in [-0.05, 0) is 67.5 Å². The van der Waals surface area contributed by atoms with Gasteiger partial charge in [0.2, 0.25) is 11.8 Å². The third-order valence-corrected chi connectivity index (χ3v) is 8.23. The lowest BCUT2D eigenvalue weighted by molar-refractivity contribution is -0.120. The number of nitrogens with one attached hydrogen (secondary N) is 1. The molecule has 6 nitrogen and oxygen atoms in total. The van der Waals surface area contributed by atoms with Crippen LogP contribution in [0.4, 0.5) is 5.69 Å². The second-order valence-electron chi connectivity index (χ2n) is 7.66. The summed E-state index contributed by atoms with van der Waals surface area (Å²) in [7, 11) is -3.57. The lowest BCUT2D eigenvalue weighted by Gasteiger charge is -2.22. The van der Waals surface area contributed by atoms with E-state index in [0.717, 1.165) is 17.7 Å². The van der Waals surface area contributed by atoms with Crippen LogP contribution in [0.15, 0.2) is 34.5 Å². The molecule has 1 aliphatic rings. The molecular formula is C22H28N2O4S2. The van der Waals surface area contributed by atoms with Crippen LogP contribution in [0.2, 0.25) is 0 Å². The van der Waals surface area contributed by atoms with Crippen molar-refractivity contribution in [2.45, 2.75) is 57.4 Å². The molecule has 162 valence electrons. The quantitative estimate of drug-likeness (QED) is 0.672. The van der Waals surface area contributed by atoms with Crippen molar-refractivity contribution in [3.63, 3.8) is 0 Å². The normalized spacial score (nSPS) is 15.8. The van der Waals surface area contributed by atoms with E-state index in [4.69, 9.17) is 0 Å². The minimum absolute atomic E-state index is 0.0168. The molecule has 1 N–H and O–H groups in total. The minimum Gasteiger partial charge on any atom is -0.356 e. The van der Waals surface area contributed by atoms with E-state index in [1.54, 1.807) is 34.4 Å². The monoisotopic (exact) mass is 448 g/mol. The van der Waals surface area contributed by atoms with E-state index >= 15 is 0 Å². The molecule has 1 aromatic heterocycles. The summed E-state index contributed by atoms with van der Waals surface area (Å²) in [5.74, 6) is -0.462. The number of rotatable bonds is 8. The molecule has 0 saturated carbocycles. The summed E-state index contributed by atoms with van der Waals surface area (Å²) in [6, 6.07) is 6.97. The molecule has 1 atom stereocenters. The number of carbonyl (C=O) groups is 2. The van der Waals surface area contributed by atoms with E-state index in [-0.39, 0.29) is 34.9 Å². The van der Waals surface area contributed by atoms with Crippen LogP contribution in [0.25, 0.3) is 0 Å². The second kappa shape index (κ2) is 9.31. The van der Waals surface area contributed by atoms with E-state index in [1.807, 2.05) is 32.2 Å². The van der Waals surface area contributed by atoms with E-state index in [9.17, 15) is 18.0 Å². The van der Waals surface area contributed by atoms with Crippen molar-refractivity contribution in [2.75, 3.05) is 17.2 Å². The van der Waals surface area contributed by atoms with Crippen molar-refractivity contribution in [3.8, 4) is 0 Å². The highest BCUT2D eigenvalue weighted by Crippen LogP contribution is 2.34. The van der Waals surface area contributed by atoms with Gasteiger partial charge in [-0.3, -0.25) is 9.59 Å². The largest absolute Gasteiger partial charge is 0.356 e. The van der Waals surface area contributed by atoms with Gasteiger partial charge in [0.15, 0.2) is 9.84 Å². The van der Waals surface area contributed by atoms with Crippen molar-refractivity contribution in [1.82, 2.24) is 5.32 Å². The molecule has 3 rings (SSSR count). The molecule has 0 spiro atoms. The molecule has 0 fully saturated rings. The fourth-order valence-electron chi connectivity index (χ4n) is 3.76. The Labute approximate surface area is 182 Å². The first kappa shape index (κ1) is 22.5. The first-order chi connectivity index (χ1) is 14.2. The fourth-order valence-corrected chi connectivity index (χ4v) is 5.96. The number of nitrogens with zero attached hydrogens (tertiary/aromatic N) is 1. The standard InChI is InChI=1S/C22H28N2O4S2/c1-4-22(26)24-16(3)13-17-14-18(5-6-19(17)24)30(27,28)12-9-21(25)23-10-7-20-15(2)8-11-29-20/h5-6,8,11,14,16H,4,7,9-10,12-13H2,1-3H3,(H,23,25). The number of hydrogen-bond donors (Lipinski definition) is 1. The Morgan fingerprint density at radius 1 is 1.27 bits per heavy atom. The zero-order valence-corrected chi connectivity index (χ0v) is 19.2. The van der Waals surface area contributed by atoms with Gasteiger partial charge < -0.3 is 10.2 Å². The van der Waals surface area contributed by atoms with Gasteiger partial charge in [-0.2, -0.15) is 0 Å². The number of fused-ring (bicyclic) bond motifs is 1. The van der Waals surface area contributed by atoms with Crippen LogP contribution in [-0.4, -0.2) is 38.6 Å². The summed E-state index contributed by atoms with van der Waals surface area (Å²) >= 11 is 1.66. The van der Waals surface area contributed by atoms with Crippen LogP contribution >= 0.6 is 11.3 Å². The van der Waals surface area contributed by atoms with Crippen molar-refractivity contribution in [2.24, 2.45) is 0 Å². The summed E-state index contributed by atoms with van der Waals surface area (Å²) in [5.41, 5.74) is 2.86. The van der Waals surface area contributed by atoms with E-state index in [2.05, 4.69) is 5.32 Å². The predicted octanol–water partition coefficient (Wildman–Crippen LogP) is 3.27. The topological polar surface area (TPSA) is 83.6 Å². The van der Waals surface area contributed by atoms with Gasteiger partial charge in [0, 0.05) is 36.0 Å². The molecule has 2 aromatic rings. The van der Waals surface area contributed by atoms with Crippen LogP contribution in [-0.2, 0) is 32.3 Å². The first-order valence-corrected chi connectivity index (χ1v) is 12.7. The van der Waals surface area contributed by atoms with Crippen LogP contribution in [0.3, 0.4) is 0 Å². The van der Waals surface area contributed by atoms with Gasteiger partial charge in [-0.25, -0.2) is 8.42 Å². The molecule has 30 heavy (non-hydrogen) atoms. The molecule has 0 bridgehead atoms. The van der Waals surface area contributed by atoms with Crippen LogP contribution < -0.4 is 10.2 Å². The summed E-state index contributed by atoms with van der Waals surface area (Å²) in [4.78, 5) is 27.5. The molecule has 2 heterocycles. The number of benzene rings is 1. The van der Waals surface area contributed by atoms with E-state index < -0.39 is 9.84 Å². The Morgan fingerprint density at radius 3 is 2.70 bits per heavy atom. The van der Waals surface area contributed by atoms with Gasteiger partial charge in [-0.1, -0.05) is 6.92 Å². The van der Waals surface area contributed by atoms with Gasteiger partial charge in [0.25, 0.3) is 0 Å². The maximum absolute atomic E-state index is 12.7. The molecular weight excluding hydrogens is 420 g/mol. The Hall–Kier alpha value is -2.19. The average molecular weight is 449 g/mol. The third-order valence-electron chi connectivity index (χ3n) is 5.44. The molecule has 1 aliphatic heterocycles. The van der Waals surface area contributed by atoms with Crippen LogP contribution in [0.1, 0.15) is 42.7 Å². The fraction of sp³-hybridized carbons (Fsp3) is 0.455.